The van der Waals surface area contributed by atoms with Crippen LogP contribution in [0.5, 0.6) is 5.75 Å². The molecule has 6 heteroatoms. The van der Waals surface area contributed by atoms with Gasteiger partial charge in [0.1, 0.15) is 11.6 Å². The molecule has 0 saturated heterocycles. The number of halogens is 1. The fraction of sp³-hybridized carbons (Fsp3) is 0.333. The van der Waals surface area contributed by atoms with Gasteiger partial charge in [-0.15, -0.1) is 0 Å². The number of nitrogens with one attached hydrogen (secondary N) is 1. The van der Waals surface area contributed by atoms with Gasteiger partial charge in [-0.1, -0.05) is 11.2 Å². The first kappa shape index (κ1) is 12.5. The predicted molar refractivity (Wildman–Crippen MR) is 62.4 cm³/mol. The van der Waals surface area contributed by atoms with Crippen LogP contribution in [-0.4, -0.2) is 15.2 Å². The largest absolute Gasteiger partial charge is 0.508 e. The summed E-state index contributed by atoms with van der Waals surface area (Å²) < 4.78 is 18.5. The van der Waals surface area contributed by atoms with E-state index < -0.39 is 5.82 Å². The Morgan fingerprint density at radius 1 is 1.50 bits per heavy atom. The van der Waals surface area contributed by atoms with Crippen LogP contribution in [0.3, 0.4) is 0 Å². The molecule has 0 fully saturated rings. The number of phenols is 1. The number of aromatic nitrogens is 2. The highest BCUT2D eigenvalue weighted by Gasteiger charge is 2.12. The zero-order chi connectivity index (χ0) is 13.1. The van der Waals surface area contributed by atoms with Gasteiger partial charge in [0.05, 0.1) is 6.54 Å². The highest BCUT2D eigenvalue weighted by atomic mass is 19.1. The normalized spacial score (nSPS) is 12.6. The van der Waals surface area contributed by atoms with Gasteiger partial charge < -0.3 is 14.9 Å². The van der Waals surface area contributed by atoms with E-state index in [1.165, 1.54) is 6.07 Å². The molecule has 0 bridgehead atoms. The van der Waals surface area contributed by atoms with Crippen molar-refractivity contribution in [2.45, 2.75) is 26.4 Å². The zero-order valence-corrected chi connectivity index (χ0v) is 10.1. The molecule has 0 aliphatic rings. The second kappa shape index (κ2) is 5.14. The van der Waals surface area contributed by atoms with Crippen molar-refractivity contribution in [1.29, 1.82) is 0 Å². The van der Waals surface area contributed by atoms with E-state index in [-0.39, 0.29) is 11.8 Å². The molecule has 0 spiro atoms. The summed E-state index contributed by atoms with van der Waals surface area (Å²) in [4.78, 5) is 4.04. The second-order valence-electron chi connectivity index (χ2n) is 4.04. The van der Waals surface area contributed by atoms with Crippen LogP contribution in [0.15, 0.2) is 22.7 Å². The molecular weight excluding hydrogens is 237 g/mol. The van der Waals surface area contributed by atoms with Gasteiger partial charge in [0.2, 0.25) is 5.89 Å². The monoisotopic (exact) mass is 251 g/mol. The minimum absolute atomic E-state index is 0.0871. The first-order chi connectivity index (χ1) is 8.56. The van der Waals surface area contributed by atoms with Crippen LogP contribution >= 0.6 is 0 Å². The minimum atomic E-state index is -0.447. The topological polar surface area (TPSA) is 71.2 Å². The minimum Gasteiger partial charge on any atom is -0.508 e. The van der Waals surface area contributed by atoms with Crippen molar-refractivity contribution in [3.05, 3.63) is 41.3 Å². The van der Waals surface area contributed by atoms with Gasteiger partial charge in [0.15, 0.2) is 5.82 Å². The summed E-state index contributed by atoms with van der Waals surface area (Å²) in [6.07, 6.45) is 0. The van der Waals surface area contributed by atoms with E-state index >= 15 is 0 Å². The lowest BCUT2D eigenvalue weighted by molar-refractivity contribution is 0.356. The highest BCUT2D eigenvalue weighted by Crippen LogP contribution is 2.21. The summed E-state index contributed by atoms with van der Waals surface area (Å²) in [5, 5.41) is 15.9. The van der Waals surface area contributed by atoms with Crippen LogP contribution in [0, 0.1) is 12.7 Å². The number of rotatable bonds is 4. The number of aryl methyl sites for hydroxylation is 1. The fourth-order valence-corrected chi connectivity index (χ4v) is 1.63. The third-order valence-corrected chi connectivity index (χ3v) is 2.58. The van der Waals surface area contributed by atoms with Gasteiger partial charge in [-0.25, -0.2) is 4.39 Å². The SMILES string of the molecule is Cc1noc(CNC(C)c2ccc(O)cc2F)n1. The molecule has 1 aromatic carbocycles. The van der Waals surface area contributed by atoms with Crippen molar-refractivity contribution in [3.8, 4) is 5.75 Å². The van der Waals surface area contributed by atoms with E-state index in [9.17, 15) is 4.39 Å². The third-order valence-electron chi connectivity index (χ3n) is 2.58. The second-order valence-corrected chi connectivity index (χ2v) is 4.04. The number of aromatic hydroxyl groups is 1. The average molecular weight is 251 g/mol. The molecule has 0 amide bonds. The Balaban J connectivity index is 2.01. The first-order valence-corrected chi connectivity index (χ1v) is 5.57. The van der Waals surface area contributed by atoms with Gasteiger partial charge >= 0.3 is 0 Å². The molecule has 5 nitrogen and oxygen atoms in total. The van der Waals surface area contributed by atoms with Crippen molar-refractivity contribution in [3.63, 3.8) is 0 Å². The quantitative estimate of drug-likeness (QED) is 0.870. The molecular formula is C12H14FN3O2. The lowest BCUT2D eigenvalue weighted by Crippen LogP contribution is -2.19. The molecule has 2 N–H and O–H groups in total. The van der Waals surface area contributed by atoms with Crippen molar-refractivity contribution in [1.82, 2.24) is 15.5 Å². The zero-order valence-electron chi connectivity index (χ0n) is 10.1. The van der Waals surface area contributed by atoms with Gasteiger partial charge in [0, 0.05) is 17.7 Å². The fourth-order valence-electron chi connectivity index (χ4n) is 1.63. The molecule has 0 aliphatic heterocycles. The summed E-state index contributed by atoms with van der Waals surface area (Å²) in [5.74, 6) is 0.487. The number of nitrogens with zero attached hydrogens (tertiary/aromatic N) is 2. The Kier molecular flexibility index (Phi) is 3.57. The summed E-state index contributed by atoms with van der Waals surface area (Å²) >= 11 is 0. The van der Waals surface area contributed by atoms with Crippen LogP contribution in [0.25, 0.3) is 0 Å². The van der Waals surface area contributed by atoms with Crippen LogP contribution in [0.2, 0.25) is 0 Å². The van der Waals surface area contributed by atoms with Crippen molar-refractivity contribution < 1.29 is 14.0 Å². The lowest BCUT2D eigenvalue weighted by Gasteiger charge is -2.13. The van der Waals surface area contributed by atoms with Gasteiger partial charge in [0.25, 0.3) is 0 Å². The molecule has 1 heterocycles. The van der Waals surface area contributed by atoms with E-state index in [0.717, 1.165) is 6.07 Å². The lowest BCUT2D eigenvalue weighted by atomic mass is 10.1. The maximum Gasteiger partial charge on any atom is 0.240 e. The van der Waals surface area contributed by atoms with Crippen LogP contribution in [0.1, 0.15) is 30.2 Å². The first-order valence-electron chi connectivity index (χ1n) is 5.57. The molecule has 2 rings (SSSR count). The third kappa shape index (κ3) is 2.84. The summed E-state index contributed by atoms with van der Waals surface area (Å²) in [6, 6.07) is 3.86. The van der Waals surface area contributed by atoms with E-state index in [1.807, 2.05) is 6.92 Å². The molecule has 96 valence electrons. The number of benzene rings is 1. The molecule has 0 aliphatic carbocycles. The Bertz CT molecular complexity index is 542. The van der Waals surface area contributed by atoms with E-state index in [0.29, 0.717) is 23.8 Å². The van der Waals surface area contributed by atoms with E-state index in [2.05, 4.69) is 15.5 Å². The molecule has 2 aromatic rings. The predicted octanol–water partition coefficient (Wildman–Crippen LogP) is 2.07. The molecule has 0 radical (unpaired) electrons. The molecule has 0 saturated carbocycles. The van der Waals surface area contributed by atoms with Crippen molar-refractivity contribution in [2.75, 3.05) is 0 Å². The van der Waals surface area contributed by atoms with Gasteiger partial charge in [-0.2, -0.15) is 4.98 Å². The Labute approximate surface area is 104 Å². The molecule has 1 unspecified atom stereocenters. The highest BCUT2D eigenvalue weighted by molar-refractivity contribution is 5.29. The summed E-state index contributed by atoms with van der Waals surface area (Å²) in [5.41, 5.74) is 0.476. The van der Waals surface area contributed by atoms with Crippen molar-refractivity contribution in [2.24, 2.45) is 0 Å². The standard InChI is InChI=1S/C12H14FN3O2/c1-7(10-4-3-9(17)5-11(10)13)14-6-12-15-8(2)16-18-12/h3-5,7,14,17H,6H2,1-2H3. The number of phenolic OH excluding ortho intramolecular Hbond substituents is 1. The number of hydrogen-bond donors (Lipinski definition) is 2. The van der Waals surface area contributed by atoms with Gasteiger partial charge in [-0.05, 0) is 19.9 Å². The smallest absolute Gasteiger partial charge is 0.240 e. The summed E-state index contributed by atoms with van der Waals surface area (Å²) in [7, 11) is 0. The Hall–Kier alpha value is -1.95. The molecule has 1 atom stereocenters. The van der Waals surface area contributed by atoms with E-state index in [1.54, 1.807) is 13.0 Å². The Morgan fingerprint density at radius 3 is 2.89 bits per heavy atom. The maximum atomic E-state index is 13.6. The summed E-state index contributed by atoms with van der Waals surface area (Å²) in [6.45, 7) is 3.91. The van der Waals surface area contributed by atoms with Crippen LogP contribution < -0.4 is 5.32 Å². The van der Waals surface area contributed by atoms with Crippen LogP contribution in [-0.2, 0) is 6.54 Å². The molecule has 18 heavy (non-hydrogen) atoms. The maximum absolute atomic E-state index is 13.6. The van der Waals surface area contributed by atoms with Crippen molar-refractivity contribution >= 4 is 0 Å². The Morgan fingerprint density at radius 2 is 2.28 bits per heavy atom. The van der Waals surface area contributed by atoms with E-state index in [4.69, 9.17) is 9.63 Å². The number of hydrogen-bond acceptors (Lipinski definition) is 5. The average Bonchev–Trinajstić information content (AvgIpc) is 2.72. The van der Waals surface area contributed by atoms with Gasteiger partial charge in [-0.3, -0.25) is 0 Å². The molecule has 1 aromatic heterocycles. The van der Waals surface area contributed by atoms with Crippen LogP contribution in [0.4, 0.5) is 4.39 Å².